The van der Waals surface area contributed by atoms with Crippen LogP contribution in [0.25, 0.3) is 0 Å². The number of primary amides is 2. The Morgan fingerprint density at radius 1 is 1.12 bits per heavy atom. The number of rotatable bonds is 1. The van der Waals surface area contributed by atoms with E-state index in [2.05, 4.69) is 11.5 Å². The van der Waals surface area contributed by atoms with Crippen molar-refractivity contribution < 1.29 is 29.4 Å². The summed E-state index contributed by atoms with van der Waals surface area (Å²) in [5.74, 6) is 0. The first-order valence-corrected chi connectivity index (χ1v) is 3.72. The average molecular weight is 236 g/mol. The zero-order valence-electron chi connectivity index (χ0n) is 7.99. The molecule has 0 radical (unpaired) electrons. The fourth-order valence-corrected chi connectivity index (χ4v) is 0.468. The fourth-order valence-electron chi connectivity index (χ4n) is 0.468. The van der Waals surface area contributed by atoms with Gasteiger partial charge in [0.2, 0.25) is 0 Å². The number of carbonyl (C=O) groups excluding carboxylic acids is 4. The molecule has 0 bridgehead atoms. The van der Waals surface area contributed by atoms with Crippen LogP contribution in [-0.4, -0.2) is 47.3 Å². The molecule has 0 aromatic rings. The summed E-state index contributed by atoms with van der Waals surface area (Å²) in [6.07, 6.45) is -1.94. The van der Waals surface area contributed by atoms with Gasteiger partial charge in [0.15, 0.2) is 25.0 Å². The molecule has 16 heavy (non-hydrogen) atoms. The topological polar surface area (TPSA) is 185 Å². The monoisotopic (exact) mass is 236 g/mol. The van der Waals surface area contributed by atoms with Gasteiger partial charge in [0.05, 0.1) is 0 Å². The Labute approximate surface area is 89.6 Å². The highest BCUT2D eigenvalue weighted by atomic mass is 16.4. The summed E-state index contributed by atoms with van der Waals surface area (Å²) in [5.41, 5.74) is 8.50. The third kappa shape index (κ3) is 11.8. The number of aliphatic hydroxyl groups is 2. The van der Waals surface area contributed by atoms with Crippen LogP contribution in [0.4, 0.5) is 9.59 Å². The third-order valence-corrected chi connectivity index (χ3v) is 0.913. The lowest BCUT2D eigenvalue weighted by Crippen LogP contribution is -2.32. The maximum absolute atomic E-state index is 10.1. The number of aldehydes is 2. The van der Waals surface area contributed by atoms with E-state index in [0.29, 0.717) is 0 Å². The summed E-state index contributed by atoms with van der Waals surface area (Å²) in [7, 11) is 0. The minimum atomic E-state index is -1.16. The van der Waals surface area contributed by atoms with E-state index in [0.717, 1.165) is 0 Å². The van der Waals surface area contributed by atoms with Gasteiger partial charge in [-0.25, -0.2) is 9.59 Å². The SMILES string of the molecule is NC(N)=O.O=C1NC(O)C(O)N1.O=CC=O. The zero-order chi connectivity index (χ0) is 13.1. The Kier molecular flexibility index (Phi) is 9.50. The highest BCUT2D eigenvalue weighted by Crippen LogP contribution is 1.91. The lowest BCUT2D eigenvalue weighted by Gasteiger charge is -2.02. The predicted octanol–water partition coefficient (Wildman–Crippen LogP) is -3.66. The minimum absolute atomic E-state index is 0.194. The third-order valence-electron chi connectivity index (χ3n) is 0.913. The molecule has 0 aromatic carbocycles. The van der Waals surface area contributed by atoms with Gasteiger partial charge in [-0.3, -0.25) is 9.59 Å². The Morgan fingerprint density at radius 2 is 1.38 bits per heavy atom. The van der Waals surface area contributed by atoms with Crippen LogP contribution in [0.3, 0.4) is 0 Å². The lowest BCUT2D eigenvalue weighted by molar-refractivity contribution is -0.122. The van der Waals surface area contributed by atoms with Gasteiger partial charge in [-0.1, -0.05) is 0 Å². The van der Waals surface area contributed by atoms with Crippen molar-refractivity contribution in [3.63, 3.8) is 0 Å². The smallest absolute Gasteiger partial charge is 0.319 e. The van der Waals surface area contributed by atoms with Crippen LogP contribution in [0.15, 0.2) is 0 Å². The second kappa shape index (κ2) is 9.36. The van der Waals surface area contributed by atoms with Gasteiger partial charge in [0.25, 0.3) is 0 Å². The largest absolute Gasteiger partial charge is 0.369 e. The van der Waals surface area contributed by atoms with Crippen LogP contribution >= 0.6 is 0 Å². The molecule has 4 amide bonds. The molecule has 1 saturated heterocycles. The van der Waals surface area contributed by atoms with E-state index >= 15 is 0 Å². The van der Waals surface area contributed by atoms with Crippen LogP contribution in [0.5, 0.6) is 0 Å². The molecule has 1 aliphatic heterocycles. The van der Waals surface area contributed by atoms with Crippen LogP contribution in [-0.2, 0) is 9.59 Å². The Balaban J connectivity index is 0. The number of amides is 4. The van der Waals surface area contributed by atoms with E-state index in [9.17, 15) is 4.79 Å². The van der Waals surface area contributed by atoms with Crippen LogP contribution < -0.4 is 22.1 Å². The van der Waals surface area contributed by atoms with Gasteiger partial charge < -0.3 is 32.3 Å². The normalized spacial score (nSPS) is 21.0. The number of urea groups is 2. The van der Waals surface area contributed by atoms with Gasteiger partial charge in [-0.15, -0.1) is 0 Å². The Bertz CT molecular complexity index is 235. The van der Waals surface area contributed by atoms with E-state index in [4.69, 9.17) is 24.6 Å². The van der Waals surface area contributed by atoms with Gasteiger partial charge in [-0.05, 0) is 0 Å². The standard InChI is InChI=1S/C3H6N2O3.C2H2O2.CH4N2O/c6-1-2(7)5-3(8)4-1;3-1-2-4;2-1(3)4/h1-2,6-7H,(H2,4,5,8);1-2H;(H4,2,3,4). The average Bonchev–Trinajstić information content (AvgIpc) is 2.44. The molecule has 92 valence electrons. The molecule has 0 aliphatic carbocycles. The second-order valence-electron chi connectivity index (χ2n) is 2.18. The summed E-state index contributed by atoms with van der Waals surface area (Å²) < 4.78 is 0. The fraction of sp³-hybridized carbons (Fsp3) is 0.333. The number of hydrogen-bond acceptors (Lipinski definition) is 6. The summed E-state index contributed by atoms with van der Waals surface area (Å²) in [5, 5.41) is 21.1. The summed E-state index contributed by atoms with van der Waals surface area (Å²) >= 11 is 0. The first-order valence-electron chi connectivity index (χ1n) is 3.72. The van der Waals surface area contributed by atoms with Gasteiger partial charge in [0, 0.05) is 0 Å². The summed E-state index contributed by atoms with van der Waals surface area (Å²) in [4.78, 5) is 36.7. The molecular formula is C6H12N4O6. The van der Waals surface area contributed by atoms with Gasteiger partial charge in [-0.2, -0.15) is 0 Å². The van der Waals surface area contributed by atoms with Crippen molar-refractivity contribution in [1.82, 2.24) is 10.6 Å². The Hall–Kier alpha value is -2.20. The zero-order valence-corrected chi connectivity index (χ0v) is 7.99. The molecule has 1 fully saturated rings. The van der Waals surface area contributed by atoms with Crippen molar-refractivity contribution in [1.29, 1.82) is 0 Å². The van der Waals surface area contributed by atoms with Crippen molar-refractivity contribution >= 4 is 24.6 Å². The quantitative estimate of drug-likeness (QED) is 0.201. The van der Waals surface area contributed by atoms with E-state index in [-0.39, 0.29) is 12.6 Å². The van der Waals surface area contributed by atoms with E-state index in [1.165, 1.54) is 0 Å². The number of hydrogen-bond donors (Lipinski definition) is 6. The summed E-state index contributed by atoms with van der Waals surface area (Å²) in [6.45, 7) is 0. The van der Waals surface area contributed by atoms with Crippen molar-refractivity contribution in [3.8, 4) is 0 Å². The molecular weight excluding hydrogens is 224 g/mol. The number of nitrogens with one attached hydrogen (secondary N) is 2. The number of nitrogens with two attached hydrogens (primary N) is 2. The van der Waals surface area contributed by atoms with E-state index in [1.54, 1.807) is 0 Å². The van der Waals surface area contributed by atoms with Crippen molar-refractivity contribution in [2.45, 2.75) is 12.5 Å². The summed E-state index contributed by atoms with van der Waals surface area (Å²) in [6, 6.07) is -1.38. The van der Waals surface area contributed by atoms with Crippen LogP contribution in [0, 0.1) is 0 Å². The molecule has 2 atom stereocenters. The predicted molar refractivity (Wildman–Crippen MR) is 49.6 cm³/mol. The second-order valence-corrected chi connectivity index (χ2v) is 2.18. The molecule has 1 aliphatic rings. The number of aliphatic hydroxyl groups excluding tert-OH is 2. The van der Waals surface area contributed by atoms with E-state index < -0.39 is 24.5 Å². The molecule has 1 heterocycles. The molecule has 2 unspecified atom stereocenters. The van der Waals surface area contributed by atoms with Crippen LogP contribution in [0.2, 0.25) is 0 Å². The highest BCUT2D eigenvalue weighted by molar-refractivity contribution is 6.09. The molecule has 10 nitrogen and oxygen atoms in total. The molecule has 10 heteroatoms. The Morgan fingerprint density at radius 3 is 1.44 bits per heavy atom. The van der Waals surface area contributed by atoms with Gasteiger partial charge in [0.1, 0.15) is 0 Å². The maximum Gasteiger partial charge on any atom is 0.319 e. The van der Waals surface area contributed by atoms with Crippen molar-refractivity contribution in [3.05, 3.63) is 0 Å². The minimum Gasteiger partial charge on any atom is -0.369 e. The molecule has 0 aromatic heterocycles. The molecule has 0 saturated carbocycles. The van der Waals surface area contributed by atoms with Crippen molar-refractivity contribution in [2.24, 2.45) is 11.5 Å². The lowest BCUT2D eigenvalue weighted by atomic mass is 10.5. The molecule has 1 rings (SSSR count). The first kappa shape index (κ1) is 16.2. The highest BCUT2D eigenvalue weighted by Gasteiger charge is 2.26. The molecule has 8 N–H and O–H groups in total. The van der Waals surface area contributed by atoms with Crippen molar-refractivity contribution in [2.75, 3.05) is 0 Å². The number of carbonyl (C=O) groups is 4. The first-order chi connectivity index (χ1) is 7.34. The van der Waals surface area contributed by atoms with Crippen LogP contribution in [0.1, 0.15) is 0 Å². The maximum atomic E-state index is 10.1. The van der Waals surface area contributed by atoms with E-state index in [1.807, 2.05) is 10.6 Å². The molecule has 0 spiro atoms. The van der Waals surface area contributed by atoms with Gasteiger partial charge >= 0.3 is 12.1 Å².